The molecule has 0 aliphatic carbocycles. The van der Waals surface area contributed by atoms with Crippen LogP contribution in [0.15, 0.2) is 164 Å². The fourth-order valence-corrected chi connectivity index (χ4v) is 10.2. The number of nitrogens with zero attached hydrogens (tertiary/aromatic N) is 5. The van der Waals surface area contributed by atoms with Crippen LogP contribution in [0.25, 0.3) is 61.1 Å². The van der Waals surface area contributed by atoms with Gasteiger partial charge >= 0.3 is 247 Å². The van der Waals surface area contributed by atoms with Crippen molar-refractivity contribution in [1.82, 2.24) is 23.5 Å². The summed E-state index contributed by atoms with van der Waals surface area (Å²) in [6.07, 6.45) is 10.1. The van der Waals surface area contributed by atoms with Crippen LogP contribution in [0, 0.1) is 10.7 Å². The van der Waals surface area contributed by atoms with Gasteiger partial charge in [0, 0.05) is 11.8 Å². The number of aromatic nitrogens is 5. The topological polar surface area (TPSA) is 49.3 Å². The molecule has 312 valence electrons. The molecular formula is C56H47N5OPt. The van der Waals surface area contributed by atoms with Gasteiger partial charge in [0.2, 0.25) is 0 Å². The molecule has 0 saturated carbocycles. The van der Waals surface area contributed by atoms with E-state index in [9.17, 15) is 0 Å². The van der Waals surface area contributed by atoms with Gasteiger partial charge in [-0.2, -0.15) is 0 Å². The number of hydrogen-bond donors (Lipinski definition) is 0. The predicted octanol–water partition coefficient (Wildman–Crippen LogP) is 13.3. The van der Waals surface area contributed by atoms with E-state index in [1.54, 1.807) is 0 Å². The van der Waals surface area contributed by atoms with Crippen molar-refractivity contribution in [1.29, 1.82) is 0 Å². The van der Waals surface area contributed by atoms with Crippen LogP contribution < -0.4 is 4.74 Å². The van der Waals surface area contributed by atoms with E-state index in [0.29, 0.717) is 0 Å². The van der Waals surface area contributed by atoms with Crippen molar-refractivity contribution < 1.29 is 24.1 Å². The minimum absolute atomic E-state index is 0.0960. The van der Waals surface area contributed by atoms with Gasteiger partial charge in [-0.25, -0.2) is 0 Å². The first-order valence-electron chi connectivity index (χ1n) is 21.8. The zero-order valence-electron chi connectivity index (χ0n) is 35.9. The second-order valence-electron chi connectivity index (χ2n) is 17.9. The fraction of sp³-hybridized carbons (Fsp3) is 0.161. The minimum Gasteiger partial charge on any atom is -0.0579 e. The minimum atomic E-state index is 0.0960. The Hall–Kier alpha value is -6.62. The third-order valence-electron chi connectivity index (χ3n) is 12.7. The normalized spacial score (nSPS) is 12.9. The molecule has 7 heteroatoms. The van der Waals surface area contributed by atoms with E-state index in [4.69, 9.17) is 14.7 Å². The summed E-state index contributed by atoms with van der Waals surface area (Å²) in [5.74, 6) is 3.46. The summed E-state index contributed by atoms with van der Waals surface area (Å²) in [4.78, 5) is 10.2. The summed E-state index contributed by atoms with van der Waals surface area (Å²) in [5.41, 5.74) is 15.6. The molecule has 63 heavy (non-hydrogen) atoms. The molecule has 10 aromatic rings. The molecule has 0 amide bonds. The Bertz CT molecular complexity index is 3430. The summed E-state index contributed by atoms with van der Waals surface area (Å²) in [7, 11) is 0. The Kier molecular flexibility index (Phi) is 9.73. The molecule has 4 bridgehead atoms. The van der Waals surface area contributed by atoms with Crippen LogP contribution in [-0.4, -0.2) is 23.5 Å². The molecule has 6 nitrogen and oxygen atoms in total. The van der Waals surface area contributed by atoms with Crippen molar-refractivity contribution in [3.05, 3.63) is 202 Å². The SMILES string of the molecule is Cc1cc(-n2c3ccc(-c4ccccc4)cc3c3ccc(Oc4cccc(-n5cc6c7cnc(n6[c]5=[Pt])CCc5ccc(cc5)CC7)c4)cc32)ncc1-c1ccc(C(C)(C)C)cc1. The summed E-state index contributed by atoms with van der Waals surface area (Å²) >= 11 is 2.46. The Morgan fingerprint density at radius 2 is 1.33 bits per heavy atom. The van der Waals surface area contributed by atoms with E-state index >= 15 is 0 Å². The van der Waals surface area contributed by atoms with E-state index in [1.807, 2.05) is 12.3 Å². The quantitative estimate of drug-likeness (QED) is 0.167. The van der Waals surface area contributed by atoms with Gasteiger partial charge in [0.05, 0.1) is 0 Å². The summed E-state index contributed by atoms with van der Waals surface area (Å²) in [6.45, 7) is 8.94. The average Bonchev–Trinajstić information content (AvgIpc) is 3.81. The summed E-state index contributed by atoms with van der Waals surface area (Å²) < 4.78 is 14.8. The van der Waals surface area contributed by atoms with E-state index in [1.165, 1.54) is 55.4 Å². The van der Waals surface area contributed by atoms with Crippen LogP contribution in [0.1, 0.15) is 54.4 Å². The van der Waals surface area contributed by atoms with Gasteiger partial charge in [-0.05, 0) is 40.2 Å². The molecule has 0 radical (unpaired) electrons. The van der Waals surface area contributed by atoms with Gasteiger partial charge in [-0.15, -0.1) is 0 Å². The number of ether oxygens (including phenoxy) is 1. The molecule has 0 spiro atoms. The molecule has 14 rings (SSSR count). The van der Waals surface area contributed by atoms with E-state index in [-0.39, 0.29) is 5.41 Å². The predicted molar refractivity (Wildman–Crippen MR) is 252 cm³/mol. The van der Waals surface area contributed by atoms with Crippen LogP contribution in [0.4, 0.5) is 0 Å². The molecule has 6 aromatic carbocycles. The standard InChI is InChI=1S/C56H47N5O.Pt/c1-37-29-55(58-34-50(37)41-20-23-44(24-21-41)56(2,3)4)61-51-27-22-42(40-9-6-5-7-10-40)30-49(51)48-26-25-47(32-52(48)61)62-46-12-8-11-45(31-46)59-35-53-43-19-17-38-13-15-39(16-14-38)18-28-54(57-33-43)60(53)36-59;/h5-16,20-27,29-35H,17-19,28H2,1-4H3;. The monoisotopic (exact) mass is 1000 g/mol. The first kappa shape index (κ1) is 39.2. The second-order valence-corrected chi connectivity index (χ2v) is 18.9. The molecule has 8 heterocycles. The van der Waals surface area contributed by atoms with Gasteiger partial charge < -0.3 is 0 Å². The molecule has 4 aliphatic rings. The zero-order chi connectivity index (χ0) is 42.8. The van der Waals surface area contributed by atoms with Crippen LogP contribution in [0.3, 0.4) is 0 Å². The number of pyridine rings is 1. The first-order chi connectivity index (χ1) is 30.6. The van der Waals surface area contributed by atoms with Crippen molar-refractivity contribution in [2.45, 2.75) is 58.8 Å². The average molecular weight is 1000 g/mol. The number of fused-ring (bicyclic) bond motifs is 3. The van der Waals surface area contributed by atoms with E-state index in [2.05, 4.69) is 213 Å². The summed E-state index contributed by atoms with van der Waals surface area (Å²) in [5, 5.41) is 2.31. The molecule has 0 saturated heterocycles. The number of benzene rings is 6. The van der Waals surface area contributed by atoms with Crippen LogP contribution >= 0.6 is 0 Å². The zero-order valence-corrected chi connectivity index (χ0v) is 38.1. The van der Waals surface area contributed by atoms with Gasteiger partial charge in [-0.1, -0.05) is 81.4 Å². The van der Waals surface area contributed by atoms with Crippen molar-refractivity contribution >= 4 is 27.3 Å². The van der Waals surface area contributed by atoms with Gasteiger partial charge in [0.25, 0.3) is 0 Å². The van der Waals surface area contributed by atoms with Crippen molar-refractivity contribution in [3.63, 3.8) is 0 Å². The molecule has 0 unspecified atom stereocenters. The Morgan fingerprint density at radius 1 is 0.587 bits per heavy atom. The van der Waals surface area contributed by atoms with Crippen LogP contribution in [-0.2, 0) is 50.5 Å². The Balaban J connectivity index is 0.979. The molecule has 0 fully saturated rings. The maximum absolute atomic E-state index is 6.78. The van der Waals surface area contributed by atoms with Crippen molar-refractivity contribution in [2.24, 2.45) is 0 Å². The van der Waals surface area contributed by atoms with Gasteiger partial charge in [-0.3, -0.25) is 0 Å². The summed E-state index contributed by atoms with van der Waals surface area (Å²) in [6, 6.07) is 52.4. The fourth-order valence-electron chi connectivity index (χ4n) is 9.19. The smallest absolute Gasteiger partial charge is 0.0579 e. The third-order valence-corrected chi connectivity index (χ3v) is 13.8. The van der Waals surface area contributed by atoms with Crippen LogP contribution in [0.2, 0.25) is 0 Å². The van der Waals surface area contributed by atoms with Crippen molar-refractivity contribution in [3.8, 4) is 45.3 Å². The van der Waals surface area contributed by atoms with Gasteiger partial charge in [0.15, 0.2) is 0 Å². The molecule has 0 N–H and O–H groups in total. The second kappa shape index (κ2) is 15.6. The molecule has 4 aliphatic heterocycles. The third kappa shape index (κ3) is 7.26. The molecule has 4 aromatic heterocycles. The van der Waals surface area contributed by atoms with Crippen molar-refractivity contribution in [2.75, 3.05) is 0 Å². The molecule has 0 atom stereocenters. The Labute approximate surface area is 378 Å². The van der Waals surface area contributed by atoms with E-state index < -0.39 is 0 Å². The number of rotatable bonds is 6. The first-order valence-corrected chi connectivity index (χ1v) is 22.9. The number of hydrogen-bond acceptors (Lipinski definition) is 3. The van der Waals surface area contributed by atoms with Crippen LogP contribution in [0.5, 0.6) is 11.5 Å². The number of imidazole rings is 1. The molecular weight excluding hydrogens is 954 g/mol. The number of aryl methyl sites for hydroxylation is 5. The van der Waals surface area contributed by atoms with Gasteiger partial charge in [0.1, 0.15) is 0 Å². The van der Waals surface area contributed by atoms with E-state index in [0.717, 1.165) is 80.3 Å². The maximum atomic E-state index is 6.78. The Morgan fingerprint density at radius 3 is 2.10 bits per heavy atom.